The fourth-order valence-corrected chi connectivity index (χ4v) is 3.74. The van der Waals surface area contributed by atoms with Crippen LogP contribution in [-0.2, 0) is 0 Å². The van der Waals surface area contributed by atoms with Crippen molar-refractivity contribution in [2.75, 3.05) is 0 Å². The van der Waals surface area contributed by atoms with Gasteiger partial charge in [-0.25, -0.2) is 0 Å². The Morgan fingerprint density at radius 1 is 0.750 bits per heavy atom. The van der Waals surface area contributed by atoms with Crippen molar-refractivity contribution in [3.63, 3.8) is 0 Å². The molecule has 2 radical (unpaired) electrons. The van der Waals surface area contributed by atoms with Gasteiger partial charge in [0.2, 0.25) is 0 Å². The zero-order valence-electron chi connectivity index (χ0n) is 13.8. The van der Waals surface area contributed by atoms with Gasteiger partial charge in [0.25, 0.3) is 0 Å². The van der Waals surface area contributed by atoms with Crippen LogP contribution < -0.4 is 5.46 Å². The highest BCUT2D eigenvalue weighted by Crippen LogP contribution is 2.47. The van der Waals surface area contributed by atoms with Crippen molar-refractivity contribution in [3.8, 4) is 40.2 Å². The molecule has 6 N–H and O–H groups in total. The summed E-state index contributed by atoms with van der Waals surface area (Å²) < 4.78 is 1.67. The van der Waals surface area contributed by atoms with Crippen molar-refractivity contribution in [2.45, 2.75) is 4.90 Å². The molecule has 3 aromatic carbocycles. The van der Waals surface area contributed by atoms with Gasteiger partial charge < -0.3 is 35.2 Å². The van der Waals surface area contributed by atoms with Crippen molar-refractivity contribution in [1.82, 2.24) is 4.57 Å². The van der Waals surface area contributed by atoms with Gasteiger partial charge in [0.05, 0.1) is 36.0 Å². The van der Waals surface area contributed by atoms with Crippen molar-refractivity contribution >= 4 is 70.3 Å². The van der Waals surface area contributed by atoms with E-state index in [4.69, 9.17) is 7.85 Å². The number of phenols is 6. The van der Waals surface area contributed by atoms with Gasteiger partial charge in [-0.15, -0.1) is 12.6 Å². The summed E-state index contributed by atoms with van der Waals surface area (Å²) in [6.07, 6.45) is 0. The van der Waals surface area contributed by atoms with Crippen LogP contribution in [0.15, 0.2) is 29.2 Å². The summed E-state index contributed by atoms with van der Waals surface area (Å²) >= 11 is 5.86. The van der Waals surface area contributed by atoms with E-state index < -0.39 is 17.2 Å². The summed E-state index contributed by atoms with van der Waals surface area (Å²) in [5.41, 5.74) is 0.411. The number of hydrogen-bond acceptors (Lipinski definition) is 7. The predicted octanol–water partition coefficient (Wildman–Crippen LogP) is 2.70. The molecular weight excluding hydrogens is 496 g/mol. The van der Waals surface area contributed by atoms with Gasteiger partial charge in [0.15, 0.2) is 0 Å². The Hall–Kier alpha value is -2.60. The number of phenolic OH excluding ortho intramolecular Hbond substituents is 6. The first-order valence-corrected chi connectivity index (χ1v) is 9.30. The number of fused-ring (bicyclic) bond motifs is 3. The molecule has 1 aromatic heterocycles. The van der Waals surface area contributed by atoms with Crippen molar-refractivity contribution in [3.05, 3.63) is 27.8 Å². The van der Waals surface area contributed by atoms with E-state index in [0.717, 1.165) is 0 Å². The number of hydrogen-bond donors (Lipinski definition) is 7. The number of benzene rings is 3. The number of aromatic nitrogens is 1. The number of rotatable bonds is 1. The summed E-state index contributed by atoms with van der Waals surface area (Å²) in [5.74, 6) is -1.99. The van der Waals surface area contributed by atoms with Gasteiger partial charge in [0.1, 0.15) is 42.3 Å². The van der Waals surface area contributed by atoms with E-state index in [9.17, 15) is 30.6 Å². The van der Waals surface area contributed by atoms with Crippen LogP contribution in [0.4, 0.5) is 0 Å². The largest absolute Gasteiger partial charge is 0.508 e. The summed E-state index contributed by atoms with van der Waals surface area (Å²) in [6.45, 7) is 0. The Kier molecular flexibility index (Phi) is 4.16. The molecule has 1 heterocycles. The quantitative estimate of drug-likeness (QED) is 0.121. The lowest BCUT2D eigenvalue weighted by molar-refractivity contribution is 0.433. The second kappa shape index (κ2) is 6.21. The van der Waals surface area contributed by atoms with Gasteiger partial charge in [-0.3, -0.25) is 0 Å². The van der Waals surface area contributed by atoms with E-state index in [0.29, 0.717) is 0 Å². The van der Waals surface area contributed by atoms with Crippen molar-refractivity contribution in [1.29, 1.82) is 0 Å². The second-order valence-electron chi connectivity index (χ2n) is 6.17. The Bertz CT molecular complexity index is 1230. The van der Waals surface area contributed by atoms with Gasteiger partial charge in [-0.05, 0) is 28.1 Å². The number of halogens is 1. The summed E-state index contributed by atoms with van der Waals surface area (Å²) in [6, 6.07) is 5.28. The predicted molar refractivity (Wildman–Crippen MR) is 116 cm³/mol. The van der Waals surface area contributed by atoms with Crippen molar-refractivity contribution in [2.24, 2.45) is 0 Å². The van der Waals surface area contributed by atoms with Crippen LogP contribution in [0.3, 0.4) is 0 Å². The van der Waals surface area contributed by atoms with E-state index in [2.05, 4.69) is 12.6 Å². The third-order valence-electron chi connectivity index (χ3n) is 4.54. The molecule has 0 spiro atoms. The molecule has 0 unspecified atom stereocenters. The first-order valence-electron chi connectivity index (χ1n) is 7.77. The number of nitrogens with zero attached hydrogens (tertiary/aromatic N) is 1. The zero-order chi connectivity index (χ0) is 20.5. The summed E-state index contributed by atoms with van der Waals surface area (Å²) in [5, 5.41) is 61.8. The van der Waals surface area contributed by atoms with Gasteiger partial charge in [0, 0.05) is 24.3 Å². The van der Waals surface area contributed by atoms with E-state index >= 15 is 0 Å². The lowest BCUT2D eigenvalue weighted by Gasteiger charge is -2.12. The molecule has 140 valence electrons. The van der Waals surface area contributed by atoms with Gasteiger partial charge in [-0.2, -0.15) is 0 Å². The van der Waals surface area contributed by atoms with E-state index in [1.165, 1.54) is 28.8 Å². The number of aromatic hydroxyl groups is 6. The molecule has 4 aromatic rings. The van der Waals surface area contributed by atoms with Crippen LogP contribution in [0.2, 0.25) is 0 Å². The Morgan fingerprint density at radius 3 is 1.82 bits per heavy atom. The average Bonchev–Trinajstić information content (AvgIpc) is 2.95. The van der Waals surface area contributed by atoms with E-state index in [-0.39, 0.29) is 58.7 Å². The Morgan fingerprint density at radius 2 is 1.25 bits per heavy atom. The summed E-state index contributed by atoms with van der Waals surface area (Å²) in [4.78, 5) is -0.106. The third-order valence-corrected chi connectivity index (χ3v) is 6.09. The molecule has 0 amide bonds. The molecule has 0 saturated heterocycles. The molecule has 0 atom stereocenters. The highest BCUT2D eigenvalue weighted by Gasteiger charge is 2.24. The molecule has 0 aliphatic carbocycles. The van der Waals surface area contributed by atoms with E-state index in [1.54, 1.807) is 22.6 Å². The Labute approximate surface area is 178 Å². The first-order chi connectivity index (χ1) is 13.1. The van der Waals surface area contributed by atoms with Crippen LogP contribution in [0.1, 0.15) is 0 Å². The Balaban J connectivity index is 2.32. The van der Waals surface area contributed by atoms with Crippen LogP contribution in [0.25, 0.3) is 27.5 Å². The molecule has 10 heteroatoms. The number of thiol groups is 1. The lowest BCUT2D eigenvalue weighted by Crippen LogP contribution is -2.04. The molecule has 4 rings (SSSR count). The van der Waals surface area contributed by atoms with Crippen LogP contribution in [0.5, 0.6) is 34.5 Å². The zero-order valence-corrected chi connectivity index (χ0v) is 16.9. The molecule has 0 aliphatic rings. The normalized spacial score (nSPS) is 11.5. The van der Waals surface area contributed by atoms with Gasteiger partial charge >= 0.3 is 0 Å². The molecule has 7 nitrogen and oxygen atoms in total. The van der Waals surface area contributed by atoms with Gasteiger partial charge in [-0.1, -0.05) is 0 Å². The fourth-order valence-electron chi connectivity index (χ4n) is 3.25. The highest BCUT2D eigenvalue weighted by molar-refractivity contribution is 14.1. The maximum Gasteiger partial charge on any atom is 0.142 e. The minimum Gasteiger partial charge on any atom is -0.508 e. The minimum absolute atomic E-state index is 0.106. The smallest absolute Gasteiger partial charge is 0.142 e. The highest BCUT2D eigenvalue weighted by atomic mass is 127. The molecule has 0 bridgehead atoms. The molecule has 0 fully saturated rings. The molecule has 0 aliphatic heterocycles. The monoisotopic (exact) mass is 507 g/mol. The fraction of sp³-hybridized carbons (Fsp3) is 0. The molecular formula is C18H11BINO6S. The first kappa shape index (κ1) is 18.8. The second-order valence-corrected chi connectivity index (χ2v) is 7.70. The lowest BCUT2D eigenvalue weighted by atomic mass is 9.91. The minimum atomic E-state index is -0.466. The topological polar surface area (TPSA) is 126 Å². The average molecular weight is 507 g/mol. The standard InChI is InChI=1S/C18H11BINO6S/c19-14-8(22)3-6-12(16(14)26)13-7(4-11(25)18(28)17(13)27)21(6)5-1-9(23)15(20)10(24)2-5/h1-4,22-28H. The maximum absolute atomic E-state index is 10.6. The van der Waals surface area contributed by atoms with E-state index in [1.807, 2.05) is 0 Å². The van der Waals surface area contributed by atoms with Crippen LogP contribution in [-0.4, -0.2) is 43.1 Å². The van der Waals surface area contributed by atoms with Crippen LogP contribution >= 0.6 is 35.2 Å². The summed E-state index contributed by atoms with van der Waals surface area (Å²) in [7, 11) is 5.73. The molecule has 0 saturated carbocycles. The third kappa shape index (κ3) is 2.44. The SMILES string of the molecule is [B]c1c(O)cc2c(c1O)c1c(O)c(S)c(O)cc1n2-c1cc(O)c(I)c(O)c1. The maximum atomic E-state index is 10.6. The molecule has 28 heavy (non-hydrogen) atoms. The van der Waals surface area contributed by atoms with Crippen LogP contribution in [0, 0.1) is 3.57 Å². The van der Waals surface area contributed by atoms with Crippen molar-refractivity contribution < 1.29 is 30.6 Å².